The van der Waals surface area contributed by atoms with Gasteiger partial charge in [-0.2, -0.15) is 0 Å². The van der Waals surface area contributed by atoms with Crippen LogP contribution in [-0.4, -0.2) is 0 Å². The van der Waals surface area contributed by atoms with Gasteiger partial charge in [-0.05, 0) is 116 Å². The number of nitrogens with zero attached hydrogens (tertiary/aromatic N) is 1. The van der Waals surface area contributed by atoms with Gasteiger partial charge in [-0.3, -0.25) is 0 Å². The highest BCUT2D eigenvalue weighted by molar-refractivity contribution is 7.26. The molecule has 9 aromatic carbocycles. The third-order valence-corrected chi connectivity index (χ3v) is 12.7. The van der Waals surface area contributed by atoms with Crippen LogP contribution in [0.15, 0.2) is 192 Å². The van der Waals surface area contributed by atoms with Gasteiger partial charge in [0.25, 0.3) is 0 Å². The van der Waals surface area contributed by atoms with Gasteiger partial charge in [0.05, 0.1) is 5.69 Å². The number of fused-ring (bicyclic) bond motifs is 8. The van der Waals surface area contributed by atoms with E-state index in [0.717, 1.165) is 66.0 Å². The van der Waals surface area contributed by atoms with Crippen LogP contribution in [0, 0.1) is 10.4 Å². The van der Waals surface area contributed by atoms with Crippen molar-refractivity contribution in [3.05, 3.63) is 209 Å². The van der Waals surface area contributed by atoms with Crippen LogP contribution in [0.5, 0.6) is 0 Å². The standard InChI is InChI=1S/C55H37NOS/c1-3-36-33-39(28-31-44(36)43-17-6-4-13-35(43)2)37-25-29-41(30-26-37)56(49-21-12-24-52-54(49)47-19-8-9-23-51(47)58-52)42-16-10-15-40(34-42)45-20-11-22-50-53(45)48-32-27-38-14-5-7-18-46(38)55(48)57-50/h3-34H,2H2,1H3/b36-3-,44-43-. The number of benzene rings is 9. The highest BCUT2D eigenvalue weighted by Crippen LogP contribution is 2.46. The highest BCUT2D eigenvalue weighted by Gasteiger charge is 2.20. The van der Waals surface area contributed by atoms with Gasteiger partial charge in [-0.25, -0.2) is 0 Å². The SMILES string of the molecule is C=c1cccc/c1=c1\ccc(-c2ccc(N(c3cccc(-c4cccc5oc6c7ccccc7ccc6c45)c3)c3cccc4sc5ccccc5c34)cc2)c\c1=C\C. The number of thiophene rings is 1. The molecule has 0 amide bonds. The summed E-state index contributed by atoms with van der Waals surface area (Å²) in [5, 5.41) is 11.7. The minimum absolute atomic E-state index is 0.892. The zero-order valence-electron chi connectivity index (χ0n) is 31.9. The zero-order chi connectivity index (χ0) is 38.7. The van der Waals surface area contributed by atoms with Crippen molar-refractivity contribution in [1.82, 2.24) is 0 Å². The van der Waals surface area contributed by atoms with Crippen LogP contribution in [0.4, 0.5) is 17.1 Å². The molecule has 11 rings (SSSR count). The second kappa shape index (κ2) is 13.8. The first-order valence-electron chi connectivity index (χ1n) is 19.7. The summed E-state index contributed by atoms with van der Waals surface area (Å²) in [7, 11) is 0. The maximum Gasteiger partial charge on any atom is 0.143 e. The van der Waals surface area contributed by atoms with E-state index in [-0.39, 0.29) is 0 Å². The molecule has 0 unspecified atom stereocenters. The number of anilines is 3. The van der Waals surface area contributed by atoms with E-state index in [4.69, 9.17) is 4.42 Å². The summed E-state index contributed by atoms with van der Waals surface area (Å²) in [4.78, 5) is 2.43. The maximum absolute atomic E-state index is 6.61. The Kier molecular flexibility index (Phi) is 8.09. The van der Waals surface area contributed by atoms with E-state index in [1.807, 2.05) is 17.4 Å². The Bertz CT molecular complexity index is 3610. The minimum Gasteiger partial charge on any atom is -0.455 e. The first-order chi connectivity index (χ1) is 28.6. The summed E-state index contributed by atoms with van der Waals surface area (Å²) in [6.07, 6.45) is 2.19. The van der Waals surface area contributed by atoms with Gasteiger partial charge < -0.3 is 9.32 Å². The smallest absolute Gasteiger partial charge is 0.143 e. The molecule has 0 aliphatic carbocycles. The maximum atomic E-state index is 6.61. The second-order valence-corrected chi connectivity index (χ2v) is 16.0. The highest BCUT2D eigenvalue weighted by atomic mass is 32.1. The molecule has 0 fully saturated rings. The molecule has 0 radical (unpaired) electrons. The lowest BCUT2D eigenvalue weighted by molar-refractivity contribution is 0.673. The van der Waals surface area contributed by atoms with Crippen molar-refractivity contribution in [2.45, 2.75) is 6.92 Å². The Morgan fingerprint density at radius 1 is 0.517 bits per heavy atom. The van der Waals surface area contributed by atoms with Gasteiger partial charge in [0.15, 0.2) is 0 Å². The first kappa shape index (κ1) is 34.1. The second-order valence-electron chi connectivity index (χ2n) is 14.9. The van der Waals surface area contributed by atoms with E-state index in [1.165, 1.54) is 47.1 Å². The molecule has 58 heavy (non-hydrogen) atoms. The molecule has 0 aliphatic heterocycles. The quantitative estimate of drug-likeness (QED) is 0.174. The monoisotopic (exact) mass is 759 g/mol. The zero-order valence-corrected chi connectivity index (χ0v) is 32.8. The Labute approximate surface area is 339 Å². The molecule has 0 N–H and O–H groups in total. The van der Waals surface area contributed by atoms with Crippen LogP contribution < -0.4 is 15.3 Å². The van der Waals surface area contributed by atoms with Gasteiger partial charge in [0, 0.05) is 47.7 Å². The van der Waals surface area contributed by atoms with Crippen molar-refractivity contribution in [3.8, 4) is 22.3 Å². The fourth-order valence-electron chi connectivity index (χ4n) is 8.79. The summed E-state index contributed by atoms with van der Waals surface area (Å²) >= 11 is 1.85. The number of rotatable bonds is 5. The fourth-order valence-corrected chi connectivity index (χ4v) is 9.92. The van der Waals surface area contributed by atoms with Gasteiger partial charge in [-0.15, -0.1) is 11.3 Å². The van der Waals surface area contributed by atoms with E-state index < -0.39 is 0 Å². The van der Waals surface area contributed by atoms with Crippen molar-refractivity contribution in [1.29, 1.82) is 0 Å². The van der Waals surface area contributed by atoms with E-state index >= 15 is 0 Å². The van der Waals surface area contributed by atoms with E-state index in [1.54, 1.807) is 0 Å². The van der Waals surface area contributed by atoms with E-state index in [9.17, 15) is 0 Å². The lowest BCUT2D eigenvalue weighted by Gasteiger charge is -2.27. The lowest BCUT2D eigenvalue weighted by Crippen LogP contribution is -2.10. The molecule has 0 spiro atoms. The molecule has 274 valence electrons. The topological polar surface area (TPSA) is 16.4 Å². The minimum atomic E-state index is 0.892. The third kappa shape index (κ3) is 5.55. The Balaban J connectivity index is 1.09. The normalized spacial score (nSPS) is 12.7. The van der Waals surface area contributed by atoms with Crippen molar-refractivity contribution < 1.29 is 4.42 Å². The number of hydrogen-bond donors (Lipinski definition) is 0. The Morgan fingerprint density at radius 3 is 2.16 bits per heavy atom. The van der Waals surface area contributed by atoms with Gasteiger partial charge in [0.1, 0.15) is 11.2 Å². The average molecular weight is 760 g/mol. The Hall–Kier alpha value is -7.20. The average Bonchev–Trinajstić information content (AvgIpc) is 3.86. The summed E-state index contributed by atoms with van der Waals surface area (Å²) in [5.41, 5.74) is 9.78. The summed E-state index contributed by atoms with van der Waals surface area (Å²) in [5.74, 6) is 0. The first-order valence-corrected chi connectivity index (χ1v) is 20.5. The summed E-state index contributed by atoms with van der Waals surface area (Å²) in [6, 6.07) is 67.8. The molecule has 0 saturated heterocycles. The van der Waals surface area contributed by atoms with Crippen molar-refractivity contribution >= 4 is 93.9 Å². The fraction of sp³-hybridized carbons (Fsp3) is 0.0182. The predicted octanol–water partition coefficient (Wildman–Crippen LogP) is 14.4. The Morgan fingerprint density at radius 2 is 1.28 bits per heavy atom. The number of furan rings is 1. The van der Waals surface area contributed by atoms with Crippen LogP contribution in [0.2, 0.25) is 0 Å². The number of hydrogen-bond acceptors (Lipinski definition) is 3. The van der Waals surface area contributed by atoms with Crippen LogP contribution in [0.3, 0.4) is 0 Å². The third-order valence-electron chi connectivity index (χ3n) is 11.6. The van der Waals surface area contributed by atoms with Crippen molar-refractivity contribution in [2.24, 2.45) is 0 Å². The largest absolute Gasteiger partial charge is 0.455 e. The molecule has 0 atom stereocenters. The molecule has 2 heterocycles. The molecule has 0 aliphatic rings. The molecule has 11 aromatic rings. The van der Waals surface area contributed by atoms with Crippen molar-refractivity contribution in [2.75, 3.05) is 4.90 Å². The molecule has 0 bridgehead atoms. The summed E-state index contributed by atoms with van der Waals surface area (Å²) in [6.45, 7) is 6.40. The van der Waals surface area contributed by atoms with Gasteiger partial charge in [-0.1, -0.05) is 140 Å². The molecule has 2 nitrogen and oxygen atoms in total. The molecular weight excluding hydrogens is 723 g/mol. The van der Waals surface area contributed by atoms with Crippen LogP contribution in [0.1, 0.15) is 6.92 Å². The lowest BCUT2D eigenvalue weighted by atomic mass is 9.97. The van der Waals surface area contributed by atoms with Gasteiger partial charge in [0.2, 0.25) is 0 Å². The van der Waals surface area contributed by atoms with Crippen LogP contribution >= 0.6 is 11.3 Å². The molecule has 0 saturated carbocycles. The molecular formula is C55H37NOS. The molecule has 2 aromatic heterocycles. The van der Waals surface area contributed by atoms with Gasteiger partial charge >= 0.3 is 0 Å². The van der Waals surface area contributed by atoms with E-state index in [0.29, 0.717) is 0 Å². The van der Waals surface area contributed by atoms with E-state index in [2.05, 4.69) is 206 Å². The summed E-state index contributed by atoms with van der Waals surface area (Å²) < 4.78 is 9.16. The predicted molar refractivity (Wildman–Crippen MR) is 249 cm³/mol. The molecule has 3 heteroatoms. The van der Waals surface area contributed by atoms with Crippen LogP contribution in [-0.2, 0) is 0 Å². The van der Waals surface area contributed by atoms with Crippen molar-refractivity contribution in [3.63, 3.8) is 0 Å². The van der Waals surface area contributed by atoms with Crippen LogP contribution in [0.25, 0.3) is 87.8 Å².